The number of rotatable bonds is 1. The Bertz CT molecular complexity index is 174. The zero-order chi connectivity index (χ0) is 13.6. The van der Waals surface area contributed by atoms with Gasteiger partial charge in [-0.05, 0) is 6.92 Å². The van der Waals surface area contributed by atoms with E-state index in [1.165, 1.54) is 6.92 Å². The molecule has 0 bridgehead atoms. The Morgan fingerprint density at radius 1 is 0.833 bits per heavy atom. The molecular weight excluding hydrogens is 240 g/mol. The van der Waals surface area contributed by atoms with Gasteiger partial charge in [0.2, 0.25) is 0 Å². The van der Waals surface area contributed by atoms with Gasteiger partial charge in [-0.15, -0.1) is 0 Å². The summed E-state index contributed by atoms with van der Waals surface area (Å²) in [4.78, 5) is 9.60. The number of hydrogen-bond acceptors (Lipinski definition) is 5. The highest BCUT2D eigenvalue weighted by Gasteiger charge is 1.95. The van der Waals surface area contributed by atoms with Gasteiger partial charge in [-0.25, -0.2) is 4.79 Å². The van der Waals surface area contributed by atoms with Gasteiger partial charge in [0.25, 0.3) is 0 Å². The summed E-state index contributed by atoms with van der Waals surface area (Å²) in [5, 5.41) is 7.89. The van der Waals surface area contributed by atoms with Crippen LogP contribution in [0.1, 0.15) is 6.92 Å². The zero-order valence-electron chi connectivity index (χ0n) is 10.9. The van der Waals surface area contributed by atoms with E-state index < -0.39 is 5.97 Å². The number of carboxylic acids is 1. The highest BCUT2D eigenvalue weighted by atomic mass is 16.6. The monoisotopic (exact) mass is 262 g/mol. The van der Waals surface area contributed by atoms with Crippen LogP contribution < -0.4 is 0 Å². The lowest BCUT2D eigenvalue weighted by molar-refractivity contribution is -0.132. The van der Waals surface area contributed by atoms with Crippen molar-refractivity contribution < 1.29 is 28.8 Å². The van der Waals surface area contributed by atoms with E-state index in [4.69, 9.17) is 5.11 Å². The Morgan fingerprint density at radius 2 is 0.944 bits per heavy atom. The topological polar surface area (TPSA) is 87.4 Å². The van der Waals surface area contributed by atoms with Crippen LogP contribution in [0.4, 0.5) is 0 Å². The van der Waals surface area contributed by atoms with Crippen LogP contribution >= 0.6 is 0 Å². The van der Waals surface area contributed by atoms with E-state index in [-0.39, 0.29) is 5.57 Å². The number of ether oxygens (including phenoxy) is 4. The first-order valence-electron chi connectivity index (χ1n) is 5.84. The number of carbonyl (C=O) groups is 1. The summed E-state index contributed by atoms with van der Waals surface area (Å²) < 4.78 is 18.0. The molecule has 18 heavy (non-hydrogen) atoms. The molecule has 0 aromatic heterocycles. The van der Waals surface area contributed by atoms with Crippen molar-refractivity contribution in [3.05, 3.63) is 12.2 Å². The van der Waals surface area contributed by atoms with Crippen LogP contribution in [0.3, 0.4) is 0 Å². The second-order valence-electron chi connectivity index (χ2n) is 3.53. The van der Waals surface area contributed by atoms with Crippen LogP contribution in [-0.2, 0) is 23.7 Å². The van der Waals surface area contributed by atoms with Gasteiger partial charge >= 0.3 is 5.97 Å². The predicted molar refractivity (Wildman–Crippen MR) is 65.7 cm³/mol. The molecule has 6 nitrogen and oxygen atoms in total. The third-order valence-electron chi connectivity index (χ3n) is 1.18. The molecule has 4 rings (SSSR count). The highest BCUT2D eigenvalue weighted by Crippen LogP contribution is 1.85. The smallest absolute Gasteiger partial charge is 0.330 e. The molecule has 0 aromatic carbocycles. The fourth-order valence-electron chi connectivity index (χ4n) is 0. The van der Waals surface area contributed by atoms with Gasteiger partial charge in [-0.3, -0.25) is 0 Å². The first-order chi connectivity index (χ1) is 8.64. The van der Waals surface area contributed by atoms with Crippen molar-refractivity contribution in [2.45, 2.75) is 6.92 Å². The number of carboxylic acid groups (broad SMARTS) is 1. The molecule has 0 aliphatic carbocycles. The van der Waals surface area contributed by atoms with Crippen LogP contribution in [0.2, 0.25) is 0 Å². The van der Waals surface area contributed by atoms with E-state index in [0.717, 1.165) is 52.9 Å². The Hall–Kier alpha value is -0.950. The fraction of sp³-hybridized carbons (Fsp3) is 0.750. The maximum atomic E-state index is 9.60. The van der Waals surface area contributed by atoms with Crippen LogP contribution in [0, 0.1) is 0 Å². The molecule has 6 heteroatoms. The summed E-state index contributed by atoms with van der Waals surface area (Å²) in [5.74, 6) is -0.935. The van der Waals surface area contributed by atoms with Crippen molar-refractivity contribution in [3.8, 4) is 0 Å². The van der Waals surface area contributed by atoms with E-state index in [2.05, 4.69) is 25.5 Å². The molecule has 0 atom stereocenters. The summed E-state index contributed by atoms with van der Waals surface area (Å²) in [5.41, 5.74) is 0.176. The SMILES string of the molecule is C1CO1.C1CO1.C1CO1.C1CO1.C=C(C)C(=O)O. The van der Waals surface area contributed by atoms with Crippen molar-refractivity contribution >= 4 is 5.97 Å². The first-order valence-corrected chi connectivity index (χ1v) is 5.84. The third-order valence-corrected chi connectivity index (χ3v) is 1.18. The minimum Gasteiger partial charge on any atom is -0.478 e. The summed E-state index contributed by atoms with van der Waals surface area (Å²) >= 11 is 0. The van der Waals surface area contributed by atoms with Gasteiger partial charge < -0.3 is 24.1 Å². The molecule has 1 N–H and O–H groups in total. The lowest BCUT2D eigenvalue weighted by atomic mass is 10.4. The average Bonchev–Trinajstić information content (AvgIpc) is 3.21. The summed E-state index contributed by atoms with van der Waals surface area (Å²) in [6.45, 7) is 12.6. The fourth-order valence-corrected chi connectivity index (χ4v) is 0. The number of aliphatic carboxylic acids is 1. The summed E-state index contributed by atoms with van der Waals surface area (Å²) in [6, 6.07) is 0. The molecule has 4 aliphatic heterocycles. The minimum absolute atomic E-state index is 0.176. The standard InChI is InChI=1S/C4H6O2.4C2H4O/c1-3(2)4(5)6;4*1-2-3-1/h1H2,2H3,(H,5,6);4*1-2H2. The van der Waals surface area contributed by atoms with Gasteiger partial charge in [-0.2, -0.15) is 0 Å². The normalized spacial score (nSPS) is 18.5. The second kappa shape index (κ2) is 12.5. The van der Waals surface area contributed by atoms with Crippen molar-refractivity contribution in [2.75, 3.05) is 52.9 Å². The Balaban J connectivity index is 0.000000207. The van der Waals surface area contributed by atoms with Gasteiger partial charge in [0.1, 0.15) is 0 Å². The van der Waals surface area contributed by atoms with Crippen molar-refractivity contribution in [1.82, 2.24) is 0 Å². The summed E-state index contributed by atoms with van der Waals surface area (Å²) in [7, 11) is 0. The molecule has 4 fully saturated rings. The Labute approximate surface area is 107 Å². The highest BCUT2D eigenvalue weighted by molar-refractivity contribution is 5.84. The lowest BCUT2D eigenvalue weighted by Crippen LogP contribution is -1.92. The predicted octanol–water partition coefficient (Wildman–Crippen LogP) is 0.713. The van der Waals surface area contributed by atoms with E-state index in [9.17, 15) is 4.79 Å². The maximum Gasteiger partial charge on any atom is 0.330 e. The second-order valence-corrected chi connectivity index (χ2v) is 3.53. The molecule has 4 heterocycles. The van der Waals surface area contributed by atoms with Crippen LogP contribution in [-0.4, -0.2) is 63.9 Å². The molecule has 0 saturated carbocycles. The first kappa shape index (κ1) is 17.1. The van der Waals surface area contributed by atoms with Crippen LogP contribution in [0.15, 0.2) is 12.2 Å². The largest absolute Gasteiger partial charge is 0.478 e. The third kappa shape index (κ3) is 59.8. The maximum absolute atomic E-state index is 9.60. The van der Waals surface area contributed by atoms with Crippen molar-refractivity contribution in [1.29, 1.82) is 0 Å². The molecule has 0 unspecified atom stereocenters. The lowest BCUT2D eigenvalue weighted by Gasteiger charge is -1.79. The van der Waals surface area contributed by atoms with E-state index >= 15 is 0 Å². The summed E-state index contributed by atoms with van der Waals surface area (Å²) in [6.07, 6.45) is 0. The van der Waals surface area contributed by atoms with E-state index in [1.807, 2.05) is 0 Å². The van der Waals surface area contributed by atoms with Crippen LogP contribution in [0.5, 0.6) is 0 Å². The van der Waals surface area contributed by atoms with Gasteiger partial charge in [0.05, 0.1) is 52.9 Å². The molecule has 0 radical (unpaired) electrons. The molecule has 4 saturated heterocycles. The number of epoxide rings is 4. The molecular formula is C12H22O6. The Kier molecular flexibility index (Phi) is 11.8. The van der Waals surface area contributed by atoms with E-state index in [0.29, 0.717) is 0 Å². The quantitative estimate of drug-likeness (QED) is 0.553. The molecule has 0 aromatic rings. The number of hydrogen-bond donors (Lipinski definition) is 1. The Morgan fingerprint density at radius 3 is 0.944 bits per heavy atom. The zero-order valence-corrected chi connectivity index (χ0v) is 10.9. The van der Waals surface area contributed by atoms with E-state index in [1.54, 1.807) is 0 Å². The average molecular weight is 262 g/mol. The van der Waals surface area contributed by atoms with Crippen molar-refractivity contribution in [3.63, 3.8) is 0 Å². The van der Waals surface area contributed by atoms with Crippen LogP contribution in [0.25, 0.3) is 0 Å². The molecule has 0 amide bonds. The molecule has 106 valence electrons. The minimum atomic E-state index is -0.935. The van der Waals surface area contributed by atoms with Gasteiger partial charge in [0.15, 0.2) is 0 Å². The molecule has 0 spiro atoms. The molecule has 4 aliphatic rings. The van der Waals surface area contributed by atoms with Crippen molar-refractivity contribution in [2.24, 2.45) is 0 Å². The van der Waals surface area contributed by atoms with Gasteiger partial charge in [-0.1, -0.05) is 6.58 Å². The van der Waals surface area contributed by atoms with Gasteiger partial charge in [0, 0.05) is 5.57 Å².